The van der Waals surface area contributed by atoms with Gasteiger partial charge in [-0.1, -0.05) is 29.4 Å². The molecule has 0 atom stereocenters. The Kier molecular flexibility index (Phi) is 3.53. The van der Waals surface area contributed by atoms with Gasteiger partial charge < -0.3 is 15.2 Å². The van der Waals surface area contributed by atoms with Crippen molar-refractivity contribution in [3.05, 3.63) is 59.0 Å². The molecule has 0 aliphatic rings. The van der Waals surface area contributed by atoms with Crippen molar-refractivity contribution < 1.29 is 14.4 Å². The van der Waals surface area contributed by atoms with E-state index in [0.29, 0.717) is 32.8 Å². The number of hydrogen-bond acceptors (Lipinski definition) is 5. The molecule has 22 heavy (non-hydrogen) atoms. The molecular weight excluding hydrogens is 284 g/mol. The largest absolute Gasteiger partial charge is 0.550 e. The van der Waals surface area contributed by atoms with E-state index in [9.17, 15) is 14.8 Å². The highest BCUT2D eigenvalue weighted by Crippen LogP contribution is 2.15. The molecule has 2 aromatic carbocycles. The number of benzene rings is 2. The number of para-hydroxylation sites is 2. The van der Waals surface area contributed by atoms with Crippen molar-refractivity contribution in [3.8, 4) is 0 Å². The summed E-state index contributed by atoms with van der Waals surface area (Å²) in [5.41, 5.74) is 2.32. The van der Waals surface area contributed by atoms with Gasteiger partial charge in [0.25, 0.3) is 5.95 Å². The summed E-state index contributed by atoms with van der Waals surface area (Å²) in [7, 11) is 0. The van der Waals surface area contributed by atoms with Gasteiger partial charge in [0.1, 0.15) is 5.52 Å². The maximum Gasteiger partial charge on any atom is 0.317 e. The summed E-state index contributed by atoms with van der Waals surface area (Å²) >= 11 is 0. The van der Waals surface area contributed by atoms with Gasteiger partial charge in [-0.3, -0.25) is 0 Å². The predicted octanol–water partition coefficient (Wildman–Crippen LogP) is 0.513. The van der Waals surface area contributed by atoms with Crippen LogP contribution >= 0.6 is 0 Å². The van der Waals surface area contributed by atoms with Crippen LogP contribution in [0.15, 0.2) is 48.5 Å². The monoisotopic (exact) mass is 296 g/mol. The van der Waals surface area contributed by atoms with Crippen LogP contribution in [-0.4, -0.2) is 16.1 Å². The number of carboxylic acids is 1. The van der Waals surface area contributed by atoms with Crippen LogP contribution in [0.3, 0.4) is 0 Å². The second-order valence-corrected chi connectivity index (χ2v) is 4.73. The van der Waals surface area contributed by atoms with Crippen LogP contribution in [-0.2, 0) is 11.2 Å². The van der Waals surface area contributed by atoms with Crippen LogP contribution in [0.5, 0.6) is 0 Å². The average molecular weight is 296 g/mol. The Morgan fingerprint density at radius 1 is 1.18 bits per heavy atom. The Labute approximate surface area is 124 Å². The molecule has 1 heterocycles. The topological polar surface area (TPSA) is 104 Å². The number of hydrogen-bond donors (Lipinski definition) is 2. The molecule has 1 aromatic heterocycles. The van der Waals surface area contributed by atoms with E-state index in [1.165, 1.54) is 0 Å². The minimum absolute atomic E-state index is 0.138. The average Bonchev–Trinajstić information content (AvgIpc) is 2.49. The lowest BCUT2D eigenvalue weighted by molar-refractivity contribution is -0.535. The number of carboxylic acid groups (broad SMARTS) is 1. The van der Waals surface area contributed by atoms with E-state index in [-0.39, 0.29) is 6.42 Å². The van der Waals surface area contributed by atoms with Crippen molar-refractivity contribution >= 4 is 28.6 Å². The number of carbonyl (C=O) groups is 1. The zero-order valence-electron chi connectivity index (χ0n) is 11.4. The Hall–Kier alpha value is -3.22. The molecule has 0 amide bonds. The number of aliphatic carboxylic acids is 1. The molecule has 7 nitrogen and oxygen atoms in total. The fourth-order valence-electron chi connectivity index (χ4n) is 2.10. The molecule has 0 radical (unpaired) electrons. The highest BCUT2D eigenvalue weighted by atomic mass is 16.4. The van der Waals surface area contributed by atoms with E-state index >= 15 is 0 Å². The second kappa shape index (κ2) is 5.65. The van der Waals surface area contributed by atoms with Crippen LogP contribution in [0.1, 0.15) is 5.56 Å². The van der Waals surface area contributed by atoms with Gasteiger partial charge in [-0.05, 0) is 23.8 Å². The number of anilines is 2. The first-order chi connectivity index (χ1) is 10.6. The summed E-state index contributed by atoms with van der Waals surface area (Å²) in [5.74, 6) is -0.834. The molecule has 0 spiro atoms. The predicted molar refractivity (Wildman–Crippen MR) is 77.9 cm³/mol. The normalized spacial score (nSPS) is 10.5. The van der Waals surface area contributed by atoms with E-state index in [1.54, 1.807) is 48.5 Å². The van der Waals surface area contributed by atoms with Crippen molar-refractivity contribution in [1.82, 2.24) is 10.1 Å². The van der Waals surface area contributed by atoms with Gasteiger partial charge in [-0.2, -0.15) is 0 Å². The van der Waals surface area contributed by atoms with Crippen molar-refractivity contribution in [2.45, 2.75) is 6.42 Å². The smallest absolute Gasteiger partial charge is 0.317 e. The lowest BCUT2D eigenvalue weighted by Crippen LogP contribution is -2.24. The maximum atomic E-state index is 11.9. The lowest BCUT2D eigenvalue weighted by atomic mass is 10.1. The molecule has 0 aliphatic carbocycles. The van der Waals surface area contributed by atoms with Gasteiger partial charge >= 0.3 is 5.52 Å². The lowest BCUT2D eigenvalue weighted by Gasteiger charge is -2.06. The third-order valence-corrected chi connectivity index (χ3v) is 3.11. The molecule has 110 valence electrons. The molecule has 0 bridgehead atoms. The van der Waals surface area contributed by atoms with Gasteiger partial charge in [0.15, 0.2) is 4.54 Å². The highest BCUT2D eigenvalue weighted by Gasteiger charge is 2.10. The molecule has 0 saturated carbocycles. The number of aromatic nitrogens is 3. The van der Waals surface area contributed by atoms with Gasteiger partial charge in [-0.15, -0.1) is 0 Å². The molecule has 0 saturated heterocycles. The number of H-pyrrole nitrogens is 1. The van der Waals surface area contributed by atoms with E-state index in [2.05, 4.69) is 15.4 Å². The van der Waals surface area contributed by atoms with Crippen LogP contribution in [0.25, 0.3) is 11.0 Å². The number of carbonyl (C=O) groups excluding carboxylic acids is 1. The third-order valence-electron chi connectivity index (χ3n) is 3.11. The minimum atomic E-state index is -1.13. The second-order valence-electron chi connectivity index (χ2n) is 4.73. The van der Waals surface area contributed by atoms with Crippen molar-refractivity contribution in [2.75, 3.05) is 5.32 Å². The number of nitrogens with zero attached hydrogens (tertiary/aromatic N) is 2. The standard InChI is InChI=1S/C15H12N4O3/c20-14(21)9-10-5-7-11(8-6-10)16-15-17-12-3-1-2-4-13(12)19(22)18-15/h1-8H,9H2,(H2-,16,17,18,20,21,22). The zero-order chi connectivity index (χ0) is 15.5. The fourth-order valence-corrected chi connectivity index (χ4v) is 2.10. The first-order valence-electron chi connectivity index (χ1n) is 6.59. The highest BCUT2D eigenvalue weighted by molar-refractivity contribution is 5.72. The van der Waals surface area contributed by atoms with Gasteiger partial charge in [0, 0.05) is 24.1 Å². The zero-order valence-corrected chi connectivity index (χ0v) is 11.4. The van der Waals surface area contributed by atoms with E-state index in [1.807, 2.05) is 0 Å². The van der Waals surface area contributed by atoms with Crippen LogP contribution < -0.4 is 15.0 Å². The summed E-state index contributed by atoms with van der Waals surface area (Å²) in [4.78, 5) is 26.7. The summed E-state index contributed by atoms with van der Waals surface area (Å²) in [6.07, 6.45) is -0.138. The third kappa shape index (κ3) is 2.93. The number of fused-ring (bicyclic) bond motifs is 1. The summed E-state index contributed by atoms with van der Waals surface area (Å²) in [6, 6.07) is 13.7. The molecule has 0 aliphatic heterocycles. The summed E-state index contributed by atoms with van der Waals surface area (Å²) in [5, 5.41) is 16.1. The van der Waals surface area contributed by atoms with Gasteiger partial charge in [0.05, 0.1) is 4.91 Å². The molecule has 3 rings (SSSR count). The Morgan fingerprint density at radius 2 is 1.91 bits per heavy atom. The van der Waals surface area contributed by atoms with E-state index in [4.69, 9.17) is 0 Å². The SMILES string of the molecule is O=C([O-])Cc1ccc(Nc2nc3ccccc3[n+](=O)[nH]2)cc1. The van der Waals surface area contributed by atoms with E-state index < -0.39 is 5.97 Å². The van der Waals surface area contributed by atoms with Gasteiger partial charge in [-0.25, -0.2) is 4.98 Å². The first-order valence-corrected chi connectivity index (χ1v) is 6.59. The van der Waals surface area contributed by atoms with Crippen LogP contribution in [0.4, 0.5) is 11.6 Å². The molecule has 7 heteroatoms. The summed E-state index contributed by atoms with van der Waals surface area (Å²) in [6.45, 7) is 0. The quantitative estimate of drug-likeness (QED) is 0.683. The molecule has 2 N–H and O–H groups in total. The van der Waals surface area contributed by atoms with E-state index in [0.717, 1.165) is 0 Å². The Bertz CT molecular complexity index is 887. The fraction of sp³-hybridized carbons (Fsp3) is 0.0667. The molecular formula is C15H12N4O3. The molecule has 3 aromatic rings. The van der Waals surface area contributed by atoms with Gasteiger partial charge in [0.2, 0.25) is 0 Å². The first kappa shape index (κ1) is 13.7. The van der Waals surface area contributed by atoms with Crippen LogP contribution in [0.2, 0.25) is 0 Å². The van der Waals surface area contributed by atoms with Crippen molar-refractivity contribution in [1.29, 1.82) is 0 Å². The minimum Gasteiger partial charge on any atom is -0.550 e. The Balaban J connectivity index is 1.86. The summed E-state index contributed by atoms with van der Waals surface area (Å²) < 4.78 is 0.634. The maximum absolute atomic E-state index is 11.9. The Morgan fingerprint density at radius 3 is 2.64 bits per heavy atom. The van der Waals surface area contributed by atoms with Crippen molar-refractivity contribution in [3.63, 3.8) is 0 Å². The number of nitrogens with one attached hydrogen (secondary N) is 2. The number of aromatic amines is 1. The number of rotatable bonds is 4. The van der Waals surface area contributed by atoms with Crippen LogP contribution in [0, 0.1) is 4.91 Å². The molecule has 0 fully saturated rings. The van der Waals surface area contributed by atoms with Crippen molar-refractivity contribution in [2.24, 2.45) is 0 Å². The molecule has 0 unspecified atom stereocenters.